The van der Waals surface area contributed by atoms with Gasteiger partial charge < -0.3 is 14.4 Å². The Morgan fingerprint density at radius 2 is 2.15 bits per heavy atom. The Labute approximate surface area is 117 Å². The van der Waals surface area contributed by atoms with Crippen LogP contribution in [-0.4, -0.2) is 49.1 Å². The first kappa shape index (κ1) is 14.3. The summed E-state index contributed by atoms with van der Waals surface area (Å²) in [7, 11) is 2.89. The second-order valence-corrected chi connectivity index (χ2v) is 4.70. The Kier molecular flexibility index (Phi) is 4.55. The quantitative estimate of drug-likeness (QED) is 0.775. The highest BCUT2D eigenvalue weighted by Crippen LogP contribution is 2.20. The van der Waals surface area contributed by atoms with Crippen LogP contribution in [0, 0.1) is 5.92 Å². The van der Waals surface area contributed by atoms with Crippen molar-refractivity contribution in [2.24, 2.45) is 5.92 Å². The summed E-state index contributed by atoms with van der Waals surface area (Å²) in [6.07, 6.45) is 3.05. The van der Waals surface area contributed by atoms with E-state index in [9.17, 15) is 9.59 Å². The van der Waals surface area contributed by atoms with Crippen LogP contribution in [0.5, 0.6) is 5.88 Å². The number of amides is 1. The SMILES string of the molecule is COC(=O)[C@H]1CCCN(C(=O)c2ccc(OC)nc2)C1. The largest absolute Gasteiger partial charge is 0.481 e. The Bertz CT molecular complexity index is 486. The summed E-state index contributed by atoms with van der Waals surface area (Å²) in [6.45, 7) is 1.05. The van der Waals surface area contributed by atoms with Crippen molar-refractivity contribution in [1.29, 1.82) is 0 Å². The highest BCUT2D eigenvalue weighted by Gasteiger charge is 2.29. The Morgan fingerprint density at radius 3 is 2.75 bits per heavy atom. The van der Waals surface area contributed by atoms with Crippen molar-refractivity contribution in [1.82, 2.24) is 9.88 Å². The van der Waals surface area contributed by atoms with E-state index in [4.69, 9.17) is 9.47 Å². The number of nitrogens with zero attached hydrogens (tertiary/aromatic N) is 2. The smallest absolute Gasteiger partial charge is 0.310 e. The fraction of sp³-hybridized carbons (Fsp3) is 0.500. The number of piperidine rings is 1. The topological polar surface area (TPSA) is 68.7 Å². The van der Waals surface area contributed by atoms with Gasteiger partial charge in [0.05, 0.1) is 25.7 Å². The van der Waals surface area contributed by atoms with Crippen LogP contribution in [0.2, 0.25) is 0 Å². The molecule has 0 unspecified atom stereocenters. The maximum absolute atomic E-state index is 12.3. The van der Waals surface area contributed by atoms with Crippen molar-refractivity contribution in [3.05, 3.63) is 23.9 Å². The van der Waals surface area contributed by atoms with Gasteiger partial charge in [0.1, 0.15) is 0 Å². The number of aromatic nitrogens is 1. The molecule has 0 bridgehead atoms. The lowest BCUT2D eigenvalue weighted by atomic mass is 9.97. The number of carbonyl (C=O) groups is 2. The summed E-state index contributed by atoms with van der Waals surface area (Å²) >= 11 is 0. The molecule has 0 aromatic carbocycles. The van der Waals surface area contributed by atoms with E-state index in [1.165, 1.54) is 20.4 Å². The average Bonchev–Trinajstić information content (AvgIpc) is 2.53. The Hall–Kier alpha value is -2.11. The van der Waals surface area contributed by atoms with Gasteiger partial charge in [-0.25, -0.2) is 4.98 Å². The molecular formula is C14H18N2O4. The van der Waals surface area contributed by atoms with Gasteiger partial charge in [0.2, 0.25) is 5.88 Å². The van der Waals surface area contributed by atoms with Gasteiger partial charge in [-0.15, -0.1) is 0 Å². The monoisotopic (exact) mass is 278 g/mol. The maximum Gasteiger partial charge on any atom is 0.310 e. The van der Waals surface area contributed by atoms with E-state index >= 15 is 0 Å². The lowest BCUT2D eigenvalue weighted by molar-refractivity contribution is -0.146. The molecule has 0 radical (unpaired) electrons. The summed E-state index contributed by atoms with van der Waals surface area (Å²) in [5.41, 5.74) is 0.497. The van der Waals surface area contributed by atoms with E-state index in [-0.39, 0.29) is 17.8 Å². The molecule has 1 aliphatic rings. The lowest BCUT2D eigenvalue weighted by Crippen LogP contribution is -2.42. The molecule has 0 N–H and O–H groups in total. The molecule has 1 fully saturated rings. The number of esters is 1. The van der Waals surface area contributed by atoms with E-state index in [1.54, 1.807) is 17.0 Å². The van der Waals surface area contributed by atoms with Gasteiger partial charge in [0.25, 0.3) is 5.91 Å². The summed E-state index contributed by atoms with van der Waals surface area (Å²) in [6, 6.07) is 3.32. The molecule has 1 aliphatic heterocycles. The zero-order chi connectivity index (χ0) is 14.5. The first-order chi connectivity index (χ1) is 9.65. The van der Waals surface area contributed by atoms with Crippen LogP contribution < -0.4 is 4.74 Å². The van der Waals surface area contributed by atoms with Crippen LogP contribution in [-0.2, 0) is 9.53 Å². The molecule has 20 heavy (non-hydrogen) atoms. The van der Waals surface area contributed by atoms with Crippen LogP contribution in [0.15, 0.2) is 18.3 Å². The fourth-order valence-electron chi connectivity index (χ4n) is 2.33. The number of hydrogen-bond donors (Lipinski definition) is 0. The molecule has 1 aromatic heterocycles. The fourth-order valence-corrected chi connectivity index (χ4v) is 2.33. The van der Waals surface area contributed by atoms with Crippen LogP contribution in [0.1, 0.15) is 23.2 Å². The predicted octanol–water partition coefficient (Wildman–Crippen LogP) is 1.12. The lowest BCUT2D eigenvalue weighted by Gasteiger charge is -2.31. The molecule has 2 rings (SSSR count). The normalized spacial score (nSPS) is 18.5. The van der Waals surface area contributed by atoms with Gasteiger partial charge in [0, 0.05) is 25.4 Å². The van der Waals surface area contributed by atoms with Crippen LogP contribution in [0.25, 0.3) is 0 Å². The number of hydrogen-bond acceptors (Lipinski definition) is 5. The summed E-state index contributed by atoms with van der Waals surface area (Å²) in [5.74, 6) is -0.138. The summed E-state index contributed by atoms with van der Waals surface area (Å²) < 4.78 is 9.71. The minimum atomic E-state index is -0.254. The standard InChI is InChI=1S/C14H18N2O4/c1-19-12-6-5-10(8-15-12)13(17)16-7-3-4-11(9-16)14(18)20-2/h5-6,8,11H,3-4,7,9H2,1-2H3/t11-/m0/s1. The molecule has 108 valence electrons. The van der Waals surface area contributed by atoms with E-state index < -0.39 is 0 Å². The van der Waals surface area contributed by atoms with Crippen molar-refractivity contribution in [2.45, 2.75) is 12.8 Å². The number of pyridine rings is 1. The molecule has 0 aliphatic carbocycles. The number of methoxy groups -OCH3 is 2. The molecule has 1 amide bonds. The highest BCUT2D eigenvalue weighted by atomic mass is 16.5. The second kappa shape index (κ2) is 6.36. The first-order valence-electron chi connectivity index (χ1n) is 6.53. The molecule has 1 aromatic rings. The number of likely N-dealkylation sites (tertiary alicyclic amines) is 1. The van der Waals surface area contributed by atoms with Gasteiger partial charge in [0.15, 0.2) is 0 Å². The molecule has 2 heterocycles. The van der Waals surface area contributed by atoms with Crippen LogP contribution in [0.3, 0.4) is 0 Å². The average molecular weight is 278 g/mol. The highest BCUT2D eigenvalue weighted by molar-refractivity contribution is 5.94. The third kappa shape index (κ3) is 3.07. The minimum absolute atomic E-state index is 0.117. The second-order valence-electron chi connectivity index (χ2n) is 4.70. The molecular weight excluding hydrogens is 260 g/mol. The van der Waals surface area contributed by atoms with E-state index in [0.29, 0.717) is 24.5 Å². The number of carbonyl (C=O) groups excluding carboxylic acids is 2. The van der Waals surface area contributed by atoms with Crippen molar-refractivity contribution < 1.29 is 19.1 Å². The van der Waals surface area contributed by atoms with Crippen molar-refractivity contribution in [3.63, 3.8) is 0 Å². The molecule has 0 saturated carbocycles. The third-order valence-electron chi connectivity index (χ3n) is 3.44. The van der Waals surface area contributed by atoms with E-state index in [1.807, 2.05) is 0 Å². The molecule has 6 nitrogen and oxygen atoms in total. The summed E-state index contributed by atoms with van der Waals surface area (Å²) in [4.78, 5) is 29.6. The predicted molar refractivity (Wildman–Crippen MR) is 71.4 cm³/mol. The van der Waals surface area contributed by atoms with E-state index in [0.717, 1.165) is 12.8 Å². The Balaban J connectivity index is 2.05. The molecule has 1 saturated heterocycles. The Morgan fingerprint density at radius 1 is 1.35 bits per heavy atom. The maximum atomic E-state index is 12.3. The van der Waals surface area contributed by atoms with Gasteiger partial charge in [-0.1, -0.05) is 0 Å². The third-order valence-corrected chi connectivity index (χ3v) is 3.44. The van der Waals surface area contributed by atoms with Crippen LogP contribution >= 0.6 is 0 Å². The van der Waals surface area contributed by atoms with Gasteiger partial charge in [-0.2, -0.15) is 0 Å². The van der Waals surface area contributed by atoms with Gasteiger partial charge in [-0.05, 0) is 18.9 Å². The van der Waals surface area contributed by atoms with Crippen molar-refractivity contribution in [2.75, 3.05) is 27.3 Å². The zero-order valence-electron chi connectivity index (χ0n) is 11.7. The molecule has 1 atom stereocenters. The zero-order valence-corrected chi connectivity index (χ0v) is 11.7. The van der Waals surface area contributed by atoms with Crippen LogP contribution in [0.4, 0.5) is 0 Å². The number of ether oxygens (including phenoxy) is 2. The van der Waals surface area contributed by atoms with E-state index in [2.05, 4.69) is 4.98 Å². The van der Waals surface area contributed by atoms with Crippen molar-refractivity contribution >= 4 is 11.9 Å². The summed E-state index contributed by atoms with van der Waals surface area (Å²) in [5, 5.41) is 0. The van der Waals surface area contributed by atoms with Crippen molar-refractivity contribution in [3.8, 4) is 5.88 Å². The first-order valence-corrected chi connectivity index (χ1v) is 6.53. The minimum Gasteiger partial charge on any atom is -0.481 e. The van der Waals surface area contributed by atoms with Gasteiger partial charge >= 0.3 is 5.97 Å². The van der Waals surface area contributed by atoms with Gasteiger partial charge in [-0.3, -0.25) is 9.59 Å². The molecule has 6 heteroatoms. The molecule has 0 spiro atoms. The number of rotatable bonds is 3.